The van der Waals surface area contributed by atoms with Crippen molar-refractivity contribution >= 4 is 5.91 Å². The summed E-state index contributed by atoms with van der Waals surface area (Å²) in [6.07, 6.45) is 3.32. The predicted molar refractivity (Wildman–Crippen MR) is 88.8 cm³/mol. The summed E-state index contributed by atoms with van der Waals surface area (Å²) >= 11 is 0. The number of rotatable bonds is 6. The minimum absolute atomic E-state index is 0.0476. The van der Waals surface area contributed by atoms with Gasteiger partial charge in [-0.1, -0.05) is 13.8 Å². The predicted octanol–water partition coefficient (Wildman–Crippen LogP) is 3.63. The van der Waals surface area contributed by atoms with Crippen LogP contribution in [0.4, 0.5) is 8.78 Å². The van der Waals surface area contributed by atoms with Crippen molar-refractivity contribution in [2.75, 3.05) is 0 Å². The fourth-order valence-electron chi connectivity index (χ4n) is 2.76. The zero-order chi connectivity index (χ0) is 18.6. The fraction of sp³-hybridized carbons (Fsp3) is 0.389. The molecular formula is C18H20F2N4O. The van der Waals surface area contributed by atoms with E-state index in [1.807, 2.05) is 11.6 Å². The Labute approximate surface area is 145 Å². The van der Waals surface area contributed by atoms with E-state index in [1.54, 1.807) is 0 Å². The molecule has 1 amide bonds. The van der Waals surface area contributed by atoms with E-state index < -0.39 is 17.2 Å². The summed E-state index contributed by atoms with van der Waals surface area (Å²) in [5, 5.41) is 15.6. The molecule has 0 bridgehead atoms. The summed E-state index contributed by atoms with van der Waals surface area (Å²) < 4.78 is 29.0. The molecule has 0 aliphatic heterocycles. The van der Waals surface area contributed by atoms with Crippen molar-refractivity contribution in [2.24, 2.45) is 0 Å². The molecule has 0 fully saturated rings. The normalized spacial score (nSPS) is 10.8. The second kappa shape index (κ2) is 7.88. The SMILES string of the molecule is CCC(CC)n1ncc(C(=O)NCc2cc(F)c(C#N)c(F)c2)c1C. The molecule has 2 aromatic rings. The fourth-order valence-corrected chi connectivity index (χ4v) is 2.76. The van der Waals surface area contributed by atoms with Gasteiger partial charge in [0.2, 0.25) is 0 Å². The Morgan fingerprint density at radius 3 is 2.44 bits per heavy atom. The third-order valence-electron chi connectivity index (χ3n) is 4.24. The molecule has 2 rings (SSSR count). The number of carbonyl (C=O) groups is 1. The van der Waals surface area contributed by atoms with Gasteiger partial charge in [0.1, 0.15) is 23.3 Å². The van der Waals surface area contributed by atoms with Crippen LogP contribution < -0.4 is 5.32 Å². The Bertz CT molecular complexity index is 796. The number of amides is 1. The number of hydrogen-bond donors (Lipinski definition) is 1. The number of nitrogens with one attached hydrogen (secondary N) is 1. The molecule has 1 N–H and O–H groups in total. The molecule has 0 aliphatic carbocycles. The van der Waals surface area contributed by atoms with Crippen LogP contribution in [-0.2, 0) is 6.54 Å². The van der Waals surface area contributed by atoms with E-state index in [0.29, 0.717) is 5.56 Å². The topological polar surface area (TPSA) is 70.7 Å². The maximum absolute atomic E-state index is 13.6. The van der Waals surface area contributed by atoms with Crippen LogP contribution in [0.1, 0.15) is 59.9 Å². The van der Waals surface area contributed by atoms with Crippen molar-refractivity contribution in [1.82, 2.24) is 15.1 Å². The maximum Gasteiger partial charge on any atom is 0.255 e. The van der Waals surface area contributed by atoms with Gasteiger partial charge in [-0.3, -0.25) is 9.48 Å². The second-order valence-corrected chi connectivity index (χ2v) is 5.79. The second-order valence-electron chi connectivity index (χ2n) is 5.79. The van der Waals surface area contributed by atoms with E-state index in [9.17, 15) is 13.6 Å². The van der Waals surface area contributed by atoms with Crippen molar-refractivity contribution in [3.8, 4) is 6.07 Å². The molecular weight excluding hydrogens is 326 g/mol. The first-order chi connectivity index (χ1) is 11.9. The molecule has 1 heterocycles. The van der Waals surface area contributed by atoms with Gasteiger partial charge in [-0.15, -0.1) is 0 Å². The van der Waals surface area contributed by atoms with Crippen molar-refractivity contribution in [3.05, 3.63) is 52.3 Å². The Hall–Kier alpha value is -2.75. The van der Waals surface area contributed by atoms with E-state index in [4.69, 9.17) is 5.26 Å². The van der Waals surface area contributed by atoms with Gasteiger partial charge in [0.25, 0.3) is 5.91 Å². The van der Waals surface area contributed by atoms with Gasteiger partial charge in [-0.2, -0.15) is 10.4 Å². The Balaban J connectivity index is 2.13. The smallest absolute Gasteiger partial charge is 0.255 e. The summed E-state index contributed by atoms with van der Waals surface area (Å²) in [7, 11) is 0. The summed E-state index contributed by atoms with van der Waals surface area (Å²) in [5.74, 6) is -2.24. The van der Waals surface area contributed by atoms with Crippen molar-refractivity contribution in [1.29, 1.82) is 5.26 Å². The van der Waals surface area contributed by atoms with Crippen molar-refractivity contribution in [3.63, 3.8) is 0 Å². The molecule has 5 nitrogen and oxygen atoms in total. The quantitative estimate of drug-likeness (QED) is 0.868. The Morgan fingerprint density at radius 2 is 1.92 bits per heavy atom. The maximum atomic E-state index is 13.6. The number of nitrogens with zero attached hydrogens (tertiary/aromatic N) is 3. The zero-order valence-corrected chi connectivity index (χ0v) is 14.4. The minimum atomic E-state index is -0.940. The monoisotopic (exact) mass is 346 g/mol. The molecule has 0 spiro atoms. The lowest BCUT2D eigenvalue weighted by Gasteiger charge is -2.15. The molecule has 0 radical (unpaired) electrons. The van der Waals surface area contributed by atoms with E-state index in [1.165, 1.54) is 12.3 Å². The number of carbonyl (C=O) groups excluding carboxylic acids is 1. The Kier molecular flexibility index (Phi) is 5.86. The lowest BCUT2D eigenvalue weighted by Crippen LogP contribution is -2.24. The van der Waals surface area contributed by atoms with Crippen LogP contribution in [-0.4, -0.2) is 15.7 Å². The van der Waals surface area contributed by atoms with Gasteiger partial charge in [-0.25, -0.2) is 8.78 Å². The van der Waals surface area contributed by atoms with E-state index in [0.717, 1.165) is 30.7 Å². The first-order valence-electron chi connectivity index (χ1n) is 8.13. The molecule has 0 aliphatic rings. The molecule has 0 saturated carbocycles. The van der Waals surface area contributed by atoms with Gasteiger partial charge < -0.3 is 5.32 Å². The molecule has 1 aromatic heterocycles. The molecule has 25 heavy (non-hydrogen) atoms. The number of hydrogen-bond acceptors (Lipinski definition) is 3. The first-order valence-corrected chi connectivity index (χ1v) is 8.13. The van der Waals surface area contributed by atoms with Crippen LogP contribution >= 0.6 is 0 Å². The number of benzene rings is 1. The minimum Gasteiger partial charge on any atom is -0.348 e. The highest BCUT2D eigenvalue weighted by Gasteiger charge is 2.18. The van der Waals surface area contributed by atoms with Crippen LogP contribution in [0.3, 0.4) is 0 Å². The largest absolute Gasteiger partial charge is 0.348 e. The highest BCUT2D eigenvalue weighted by atomic mass is 19.1. The third kappa shape index (κ3) is 3.85. The van der Waals surface area contributed by atoms with Crippen molar-refractivity contribution in [2.45, 2.75) is 46.2 Å². The van der Waals surface area contributed by atoms with Crippen LogP contribution in [0.2, 0.25) is 0 Å². The zero-order valence-electron chi connectivity index (χ0n) is 14.4. The van der Waals surface area contributed by atoms with Crippen LogP contribution in [0.15, 0.2) is 18.3 Å². The van der Waals surface area contributed by atoms with Crippen LogP contribution in [0.5, 0.6) is 0 Å². The first kappa shape index (κ1) is 18.6. The molecule has 0 atom stereocenters. The molecule has 132 valence electrons. The lowest BCUT2D eigenvalue weighted by molar-refractivity contribution is 0.0950. The van der Waals surface area contributed by atoms with Crippen LogP contribution in [0, 0.1) is 29.9 Å². The van der Waals surface area contributed by atoms with Gasteiger partial charge in [-0.05, 0) is 37.5 Å². The summed E-state index contributed by atoms with van der Waals surface area (Å²) in [4.78, 5) is 12.3. The van der Waals surface area contributed by atoms with Gasteiger partial charge in [0.15, 0.2) is 0 Å². The number of aromatic nitrogens is 2. The summed E-state index contributed by atoms with van der Waals surface area (Å²) in [6.45, 7) is 5.89. The molecule has 1 aromatic carbocycles. The standard InChI is InChI=1S/C18H20F2N4O/c1-4-13(5-2)24-11(3)15(10-23-24)18(25)22-9-12-6-16(19)14(8-21)17(20)7-12/h6-7,10,13H,4-5,9H2,1-3H3,(H,22,25). The van der Waals surface area contributed by atoms with E-state index >= 15 is 0 Å². The van der Waals surface area contributed by atoms with E-state index in [2.05, 4.69) is 24.3 Å². The van der Waals surface area contributed by atoms with Gasteiger partial charge in [0.05, 0.1) is 17.8 Å². The number of nitriles is 1. The molecule has 7 heteroatoms. The number of halogens is 2. The van der Waals surface area contributed by atoms with E-state index in [-0.39, 0.29) is 24.1 Å². The van der Waals surface area contributed by atoms with Crippen LogP contribution in [0.25, 0.3) is 0 Å². The van der Waals surface area contributed by atoms with Gasteiger partial charge >= 0.3 is 0 Å². The average molecular weight is 346 g/mol. The third-order valence-corrected chi connectivity index (χ3v) is 4.24. The lowest BCUT2D eigenvalue weighted by atomic mass is 10.1. The van der Waals surface area contributed by atoms with Gasteiger partial charge in [0, 0.05) is 12.2 Å². The highest BCUT2D eigenvalue weighted by molar-refractivity contribution is 5.95. The molecule has 0 saturated heterocycles. The Morgan fingerprint density at radius 1 is 1.32 bits per heavy atom. The summed E-state index contributed by atoms with van der Waals surface area (Å²) in [6, 6.07) is 3.78. The highest BCUT2D eigenvalue weighted by Crippen LogP contribution is 2.19. The average Bonchev–Trinajstić information content (AvgIpc) is 2.95. The summed E-state index contributed by atoms with van der Waals surface area (Å²) in [5.41, 5.74) is 0.801. The molecule has 0 unspecified atom stereocenters. The van der Waals surface area contributed by atoms with Crippen molar-refractivity contribution < 1.29 is 13.6 Å².